The summed E-state index contributed by atoms with van der Waals surface area (Å²) in [4.78, 5) is 14.7. The molecule has 1 amide bonds. The Balaban J connectivity index is 0.00000156. The lowest BCUT2D eigenvalue weighted by atomic mass is 9.99. The maximum absolute atomic E-state index is 12.8. The predicted molar refractivity (Wildman–Crippen MR) is 104 cm³/mol. The van der Waals surface area contributed by atoms with Crippen molar-refractivity contribution in [2.24, 2.45) is 11.7 Å². The number of hydrogen-bond acceptors (Lipinski definition) is 3. The molecule has 7 heteroatoms. The summed E-state index contributed by atoms with van der Waals surface area (Å²) < 4.78 is 0. The molecule has 0 radical (unpaired) electrons. The van der Waals surface area contributed by atoms with Crippen LogP contribution in [0.15, 0.2) is 42.6 Å². The highest BCUT2D eigenvalue weighted by molar-refractivity contribution is 5.85. The minimum absolute atomic E-state index is 0. The molecular weight excluding hydrogens is 359 g/mol. The Labute approximate surface area is 161 Å². The smallest absolute Gasteiger partial charge is 0.223 e. The third-order valence-electron chi connectivity index (χ3n) is 4.64. The van der Waals surface area contributed by atoms with E-state index in [0.717, 1.165) is 30.5 Å². The topological polar surface area (TPSA) is 75.0 Å². The number of halogens is 2. The fourth-order valence-corrected chi connectivity index (χ4v) is 3.29. The van der Waals surface area contributed by atoms with Gasteiger partial charge in [0.15, 0.2) is 0 Å². The van der Waals surface area contributed by atoms with Crippen LogP contribution in [0.1, 0.15) is 36.9 Å². The van der Waals surface area contributed by atoms with Crippen LogP contribution in [-0.4, -0.2) is 27.0 Å². The Morgan fingerprint density at radius 1 is 1.16 bits per heavy atom. The van der Waals surface area contributed by atoms with Gasteiger partial charge in [0.2, 0.25) is 5.91 Å². The fraction of sp³-hybridized carbons (Fsp3) is 0.444. The zero-order chi connectivity index (χ0) is 16.1. The van der Waals surface area contributed by atoms with Crippen molar-refractivity contribution >= 4 is 30.7 Å². The van der Waals surface area contributed by atoms with Crippen LogP contribution < -0.4 is 5.73 Å². The number of carbonyl (C=O) groups excluding carboxylic acids is 1. The van der Waals surface area contributed by atoms with Gasteiger partial charge in [0, 0.05) is 25.2 Å². The van der Waals surface area contributed by atoms with Gasteiger partial charge in [-0.15, -0.1) is 24.8 Å². The molecule has 5 nitrogen and oxygen atoms in total. The molecule has 0 spiro atoms. The van der Waals surface area contributed by atoms with Crippen LogP contribution in [0.2, 0.25) is 0 Å². The second kappa shape index (κ2) is 10.4. The number of carbonyl (C=O) groups is 1. The maximum atomic E-state index is 12.8. The van der Waals surface area contributed by atoms with E-state index in [1.54, 1.807) is 6.20 Å². The number of aromatic amines is 1. The van der Waals surface area contributed by atoms with Gasteiger partial charge >= 0.3 is 0 Å². The lowest BCUT2D eigenvalue weighted by Gasteiger charge is -2.25. The fourth-order valence-electron chi connectivity index (χ4n) is 3.29. The van der Waals surface area contributed by atoms with Gasteiger partial charge < -0.3 is 10.6 Å². The van der Waals surface area contributed by atoms with Crippen LogP contribution in [0, 0.1) is 5.92 Å². The average Bonchev–Trinajstić information content (AvgIpc) is 3.20. The van der Waals surface area contributed by atoms with Crippen molar-refractivity contribution in [1.29, 1.82) is 0 Å². The van der Waals surface area contributed by atoms with Crippen LogP contribution in [0.4, 0.5) is 0 Å². The second-order valence-corrected chi connectivity index (χ2v) is 6.38. The number of nitrogens with zero attached hydrogens (tertiary/aromatic N) is 2. The van der Waals surface area contributed by atoms with Crippen LogP contribution >= 0.6 is 24.8 Å². The van der Waals surface area contributed by atoms with Gasteiger partial charge in [0.05, 0.1) is 12.2 Å². The molecule has 1 saturated carbocycles. The van der Waals surface area contributed by atoms with E-state index in [2.05, 4.69) is 22.3 Å². The standard InChI is InChI=1S/C18H24N4O.2ClH/c19-17-8-4-7-15(17)11-18(23)22(13-16-9-10-20-21-16)12-14-5-2-1-3-6-14;;/h1-3,5-6,9-10,15,17H,4,7-8,11-13,19H2,(H,20,21);2*1H/t15-,17+;;/m0../s1. The zero-order valence-electron chi connectivity index (χ0n) is 14.1. The van der Waals surface area contributed by atoms with Crippen molar-refractivity contribution in [3.63, 3.8) is 0 Å². The van der Waals surface area contributed by atoms with Crippen molar-refractivity contribution in [3.8, 4) is 0 Å². The molecule has 0 bridgehead atoms. The van der Waals surface area contributed by atoms with E-state index >= 15 is 0 Å². The third-order valence-corrected chi connectivity index (χ3v) is 4.64. The Hall–Kier alpha value is -1.56. The van der Waals surface area contributed by atoms with Crippen LogP contribution in [0.5, 0.6) is 0 Å². The summed E-state index contributed by atoms with van der Waals surface area (Å²) in [6.07, 6.45) is 5.50. The molecule has 3 rings (SSSR count). The van der Waals surface area contributed by atoms with Gasteiger partial charge in [0.1, 0.15) is 0 Å². The number of nitrogens with one attached hydrogen (secondary N) is 1. The first-order chi connectivity index (χ1) is 11.2. The van der Waals surface area contributed by atoms with Crippen molar-refractivity contribution in [1.82, 2.24) is 15.1 Å². The Bertz CT molecular complexity index is 621. The second-order valence-electron chi connectivity index (χ2n) is 6.38. The Morgan fingerprint density at radius 3 is 2.52 bits per heavy atom. The molecule has 1 aromatic carbocycles. The first-order valence-corrected chi connectivity index (χ1v) is 8.28. The highest BCUT2D eigenvalue weighted by atomic mass is 35.5. The van der Waals surface area contributed by atoms with Gasteiger partial charge in [-0.05, 0) is 30.4 Å². The summed E-state index contributed by atoms with van der Waals surface area (Å²) in [6, 6.07) is 12.2. The molecule has 1 aliphatic rings. The number of rotatable bonds is 6. The molecule has 0 aliphatic heterocycles. The van der Waals surface area contributed by atoms with E-state index in [1.165, 1.54) is 0 Å². The highest BCUT2D eigenvalue weighted by Gasteiger charge is 2.28. The van der Waals surface area contributed by atoms with Gasteiger partial charge in [-0.1, -0.05) is 36.8 Å². The predicted octanol–water partition coefficient (Wildman–Crippen LogP) is 3.30. The molecule has 0 saturated heterocycles. The molecule has 1 fully saturated rings. The first-order valence-electron chi connectivity index (χ1n) is 8.28. The van der Waals surface area contributed by atoms with Crippen molar-refractivity contribution in [3.05, 3.63) is 53.9 Å². The van der Waals surface area contributed by atoms with E-state index in [0.29, 0.717) is 25.4 Å². The lowest BCUT2D eigenvalue weighted by Crippen LogP contribution is -2.34. The summed E-state index contributed by atoms with van der Waals surface area (Å²) in [7, 11) is 0. The molecule has 3 N–H and O–H groups in total. The van der Waals surface area contributed by atoms with Crippen LogP contribution in [0.25, 0.3) is 0 Å². The van der Waals surface area contributed by atoms with Gasteiger partial charge in [-0.3, -0.25) is 9.89 Å². The summed E-state index contributed by atoms with van der Waals surface area (Å²) in [6.45, 7) is 1.16. The normalized spacial score (nSPS) is 18.9. The minimum atomic E-state index is 0. The van der Waals surface area contributed by atoms with E-state index in [1.807, 2.05) is 29.2 Å². The van der Waals surface area contributed by atoms with Crippen molar-refractivity contribution < 1.29 is 4.79 Å². The van der Waals surface area contributed by atoms with Crippen molar-refractivity contribution in [2.75, 3.05) is 0 Å². The summed E-state index contributed by atoms with van der Waals surface area (Å²) in [5.41, 5.74) is 8.21. The zero-order valence-corrected chi connectivity index (χ0v) is 15.8. The molecule has 2 aromatic rings. The molecule has 25 heavy (non-hydrogen) atoms. The van der Waals surface area contributed by atoms with Gasteiger partial charge in [0.25, 0.3) is 0 Å². The van der Waals surface area contributed by atoms with Gasteiger partial charge in [-0.2, -0.15) is 5.10 Å². The highest BCUT2D eigenvalue weighted by Crippen LogP contribution is 2.27. The van der Waals surface area contributed by atoms with Crippen molar-refractivity contribution in [2.45, 2.75) is 44.8 Å². The molecule has 1 heterocycles. The van der Waals surface area contributed by atoms with E-state index in [9.17, 15) is 4.79 Å². The van der Waals surface area contributed by atoms with E-state index < -0.39 is 0 Å². The summed E-state index contributed by atoms with van der Waals surface area (Å²) in [5.74, 6) is 0.494. The Kier molecular flexibility index (Phi) is 8.97. The minimum Gasteiger partial charge on any atom is -0.332 e. The van der Waals surface area contributed by atoms with Gasteiger partial charge in [-0.25, -0.2) is 0 Å². The Morgan fingerprint density at radius 2 is 1.92 bits per heavy atom. The summed E-state index contributed by atoms with van der Waals surface area (Å²) >= 11 is 0. The molecule has 0 unspecified atom stereocenters. The van der Waals surface area contributed by atoms with E-state index in [4.69, 9.17) is 5.73 Å². The van der Waals surface area contributed by atoms with E-state index in [-0.39, 0.29) is 36.8 Å². The molecule has 1 aliphatic carbocycles. The summed E-state index contributed by atoms with van der Waals surface area (Å²) in [5, 5.41) is 6.92. The number of amides is 1. The SMILES string of the molecule is Cl.Cl.N[C@@H]1CCC[C@H]1CC(=O)N(Cc1ccccc1)Cc1ccn[nH]1. The largest absolute Gasteiger partial charge is 0.332 e. The first kappa shape index (κ1) is 21.5. The number of H-pyrrole nitrogens is 1. The maximum Gasteiger partial charge on any atom is 0.223 e. The number of benzene rings is 1. The number of nitrogens with two attached hydrogens (primary N) is 1. The average molecular weight is 385 g/mol. The van der Waals surface area contributed by atoms with Crippen LogP contribution in [0.3, 0.4) is 0 Å². The quantitative estimate of drug-likeness (QED) is 0.801. The lowest BCUT2D eigenvalue weighted by molar-refractivity contribution is -0.133. The molecule has 1 aromatic heterocycles. The number of aromatic nitrogens is 2. The third kappa shape index (κ3) is 6.03. The monoisotopic (exact) mass is 384 g/mol. The van der Waals surface area contributed by atoms with Crippen LogP contribution in [-0.2, 0) is 17.9 Å². The molecule has 138 valence electrons. The number of hydrogen-bond donors (Lipinski definition) is 2. The molecule has 2 atom stereocenters. The molecular formula is C18H26Cl2N4O.